The van der Waals surface area contributed by atoms with Crippen LogP contribution in [0.4, 0.5) is 0 Å². The maximum absolute atomic E-state index is 6.50. The van der Waals surface area contributed by atoms with Crippen LogP contribution in [-0.4, -0.2) is 0 Å². The molecule has 0 radical (unpaired) electrons. The monoisotopic (exact) mass is 296 g/mol. The van der Waals surface area contributed by atoms with E-state index in [0.717, 1.165) is 23.3 Å². The first kappa shape index (κ1) is 14.0. The molecule has 2 aromatic carbocycles. The van der Waals surface area contributed by atoms with Crippen molar-refractivity contribution in [3.63, 3.8) is 0 Å². The molecule has 21 heavy (non-hydrogen) atoms. The summed E-state index contributed by atoms with van der Waals surface area (Å²) < 4.78 is 5.47. The summed E-state index contributed by atoms with van der Waals surface area (Å²) >= 11 is 6.50. The second-order valence-electron chi connectivity index (χ2n) is 5.23. The molecule has 106 valence electrons. The van der Waals surface area contributed by atoms with Gasteiger partial charge in [0.25, 0.3) is 0 Å². The zero-order valence-corrected chi connectivity index (χ0v) is 12.7. The summed E-state index contributed by atoms with van der Waals surface area (Å²) in [5, 5.41) is -0.231. The number of halogens is 1. The molecule has 0 aliphatic carbocycles. The van der Waals surface area contributed by atoms with Gasteiger partial charge in [0.2, 0.25) is 0 Å². The molecule has 0 bridgehead atoms. The number of aryl methyl sites for hydroxylation is 1. The highest BCUT2D eigenvalue weighted by Gasteiger charge is 2.16. The van der Waals surface area contributed by atoms with Crippen LogP contribution in [0.3, 0.4) is 0 Å². The number of benzene rings is 2. The summed E-state index contributed by atoms with van der Waals surface area (Å²) in [6.45, 7) is 2.01. The van der Waals surface area contributed by atoms with E-state index in [2.05, 4.69) is 48.5 Å². The quantitative estimate of drug-likeness (QED) is 0.579. The Balaban J connectivity index is 1.77. The maximum Gasteiger partial charge on any atom is 0.128 e. The molecule has 3 aromatic rings. The highest BCUT2D eigenvalue weighted by Crippen LogP contribution is 2.31. The van der Waals surface area contributed by atoms with E-state index in [1.54, 1.807) is 6.26 Å². The third-order valence-electron chi connectivity index (χ3n) is 3.66. The third-order valence-corrected chi connectivity index (χ3v) is 4.11. The van der Waals surface area contributed by atoms with Crippen LogP contribution in [0.2, 0.25) is 0 Å². The first-order valence-corrected chi connectivity index (χ1v) is 7.48. The molecule has 0 aliphatic heterocycles. The molecule has 0 spiro atoms. The Morgan fingerprint density at radius 3 is 2.19 bits per heavy atom. The fraction of sp³-hybridized carbons (Fsp3) is 0.158. The van der Waals surface area contributed by atoms with Crippen molar-refractivity contribution in [3.8, 4) is 0 Å². The zero-order valence-electron chi connectivity index (χ0n) is 11.9. The second-order valence-corrected chi connectivity index (χ2v) is 5.67. The minimum absolute atomic E-state index is 0.231. The second kappa shape index (κ2) is 6.19. The third kappa shape index (κ3) is 3.20. The van der Waals surface area contributed by atoms with E-state index in [1.165, 1.54) is 11.1 Å². The summed E-state index contributed by atoms with van der Waals surface area (Å²) in [6, 6.07) is 20.8. The minimum atomic E-state index is -0.231. The fourth-order valence-electron chi connectivity index (χ4n) is 2.43. The maximum atomic E-state index is 6.50. The lowest BCUT2D eigenvalue weighted by Gasteiger charge is -2.09. The van der Waals surface area contributed by atoms with E-state index >= 15 is 0 Å². The van der Waals surface area contributed by atoms with Crippen LogP contribution in [0.15, 0.2) is 71.3 Å². The number of hydrogen-bond acceptors (Lipinski definition) is 1. The Kier molecular flexibility index (Phi) is 4.12. The summed E-state index contributed by atoms with van der Waals surface area (Å²) in [6.07, 6.45) is 2.62. The molecule has 0 fully saturated rings. The summed E-state index contributed by atoms with van der Waals surface area (Å²) in [5.41, 5.74) is 4.74. The molecule has 0 N–H and O–H groups in total. The SMILES string of the molecule is Cc1ccoc1C(Cl)c1ccc(Cc2ccccc2)cc1. The Hall–Kier alpha value is -1.99. The molecule has 1 unspecified atom stereocenters. The van der Waals surface area contributed by atoms with Crippen molar-refractivity contribution >= 4 is 11.6 Å². The van der Waals surface area contributed by atoms with Gasteiger partial charge in [-0.05, 0) is 41.7 Å². The Morgan fingerprint density at radius 1 is 0.905 bits per heavy atom. The molecule has 1 nitrogen and oxygen atoms in total. The molecule has 0 saturated carbocycles. The van der Waals surface area contributed by atoms with E-state index in [-0.39, 0.29) is 5.38 Å². The van der Waals surface area contributed by atoms with Gasteiger partial charge in [0.1, 0.15) is 11.1 Å². The van der Waals surface area contributed by atoms with Gasteiger partial charge in [0.05, 0.1) is 6.26 Å². The van der Waals surface area contributed by atoms with Gasteiger partial charge in [-0.2, -0.15) is 0 Å². The van der Waals surface area contributed by atoms with E-state index in [1.807, 2.05) is 19.1 Å². The smallest absolute Gasteiger partial charge is 0.128 e. The van der Waals surface area contributed by atoms with Crippen LogP contribution in [0.5, 0.6) is 0 Å². The van der Waals surface area contributed by atoms with Crippen LogP contribution in [0.25, 0.3) is 0 Å². The van der Waals surface area contributed by atoms with E-state index in [4.69, 9.17) is 16.0 Å². The number of alkyl halides is 1. The van der Waals surface area contributed by atoms with Crippen LogP contribution >= 0.6 is 11.6 Å². The molecule has 1 heterocycles. The number of rotatable bonds is 4. The molecule has 2 heteroatoms. The van der Waals surface area contributed by atoms with Gasteiger partial charge >= 0.3 is 0 Å². The minimum Gasteiger partial charge on any atom is -0.467 e. The van der Waals surface area contributed by atoms with Gasteiger partial charge in [-0.3, -0.25) is 0 Å². The van der Waals surface area contributed by atoms with Gasteiger partial charge in [0, 0.05) is 0 Å². The average Bonchev–Trinajstić information content (AvgIpc) is 2.94. The number of furan rings is 1. The molecular weight excluding hydrogens is 280 g/mol. The van der Waals surface area contributed by atoms with Gasteiger partial charge in [-0.25, -0.2) is 0 Å². The standard InChI is InChI=1S/C19H17ClO/c1-14-11-12-21-19(14)18(20)17-9-7-16(8-10-17)13-15-5-3-2-4-6-15/h2-12,18H,13H2,1H3. The molecule has 1 aromatic heterocycles. The fourth-order valence-corrected chi connectivity index (χ4v) is 2.80. The van der Waals surface area contributed by atoms with Crippen molar-refractivity contribution in [1.82, 2.24) is 0 Å². The van der Waals surface area contributed by atoms with E-state index < -0.39 is 0 Å². The average molecular weight is 297 g/mol. The van der Waals surface area contributed by atoms with Gasteiger partial charge in [-0.15, -0.1) is 11.6 Å². The van der Waals surface area contributed by atoms with Crippen molar-refractivity contribution < 1.29 is 4.42 Å². The van der Waals surface area contributed by atoms with E-state index in [9.17, 15) is 0 Å². The van der Waals surface area contributed by atoms with Gasteiger partial charge in [-0.1, -0.05) is 54.6 Å². The molecule has 0 amide bonds. The van der Waals surface area contributed by atoms with Gasteiger partial charge in [0.15, 0.2) is 0 Å². The van der Waals surface area contributed by atoms with Crippen molar-refractivity contribution in [2.45, 2.75) is 18.7 Å². The largest absolute Gasteiger partial charge is 0.467 e. The Morgan fingerprint density at radius 2 is 1.57 bits per heavy atom. The van der Waals surface area contributed by atoms with Crippen LogP contribution in [-0.2, 0) is 6.42 Å². The normalized spacial score (nSPS) is 12.3. The van der Waals surface area contributed by atoms with Crippen LogP contribution < -0.4 is 0 Å². The summed E-state index contributed by atoms with van der Waals surface area (Å²) in [5.74, 6) is 0.826. The Labute approximate surface area is 130 Å². The molecular formula is C19H17ClO. The lowest BCUT2D eigenvalue weighted by molar-refractivity contribution is 0.513. The predicted octanol–water partition coefficient (Wildman–Crippen LogP) is 5.51. The topological polar surface area (TPSA) is 13.1 Å². The van der Waals surface area contributed by atoms with Crippen molar-refractivity contribution in [2.75, 3.05) is 0 Å². The summed E-state index contributed by atoms with van der Waals surface area (Å²) in [7, 11) is 0. The highest BCUT2D eigenvalue weighted by molar-refractivity contribution is 6.22. The highest BCUT2D eigenvalue weighted by atomic mass is 35.5. The predicted molar refractivity (Wildman–Crippen MR) is 86.8 cm³/mol. The molecule has 1 atom stereocenters. The lowest BCUT2D eigenvalue weighted by atomic mass is 10.0. The van der Waals surface area contributed by atoms with Crippen molar-refractivity contribution in [3.05, 3.63) is 94.9 Å². The first-order chi connectivity index (χ1) is 10.2. The lowest BCUT2D eigenvalue weighted by Crippen LogP contribution is -1.94. The Bertz CT molecular complexity index is 698. The molecule has 3 rings (SSSR count). The van der Waals surface area contributed by atoms with Crippen LogP contribution in [0.1, 0.15) is 33.4 Å². The van der Waals surface area contributed by atoms with E-state index in [0.29, 0.717) is 0 Å². The molecule has 0 aliphatic rings. The van der Waals surface area contributed by atoms with Crippen molar-refractivity contribution in [2.24, 2.45) is 0 Å². The first-order valence-electron chi connectivity index (χ1n) is 7.05. The summed E-state index contributed by atoms with van der Waals surface area (Å²) in [4.78, 5) is 0. The van der Waals surface area contributed by atoms with Crippen molar-refractivity contribution in [1.29, 1.82) is 0 Å². The molecule has 0 saturated heterocycles. The van der Waals surface area contributed by atoms with Crippen LogP contribution in [0, 0.1) is 6.92 Å². The van der Waals surface area contributed by atoms with Gasteiger partial charge < -0.3 is 4.42 Å². The zero-order chi connectivity index (χ0) is 14.7. The number of hydrogen-bond donors (Lipinski definition) is 0.